The molecule has 0 aliphatic carbocycles. The smallest absolute Gasteiger partial charge is 0.159 e. The van der Waals surface area contributed by atoms with Gasteiger partial charge >= 0.3 is 0 Å². The number of thiophene rings is 1. The molecule has 0 saturated heterocycles. The van der Waals surface area contributed by atoms with E-state index in [1.165, 1.54) is 64.7 Å². The fraction of sp³-hybridized carbons (Fsp3) is 0. The molecule has 3 aromatic heterocycles. The van der Waals surface area contributed by atoms with E-state index >= 15 is 0 Å². The Morgan fingerprint density at radius 2 is 0.933 bits per heavy atom. The summed E-state index contributed by atoms with van der Waals surface area (Å²) in [4.78, 5) is 3.59. The normalized spacial score (nSPS) is 11.7. The molecule has 0 unspecified atom stereocenters. The lowest BCUT2D eigenvalue weighted by molar-refractivity contribution is 0.669. The van der Waals surface area contributed by atoms with Crippen LogP contribution in [0, 0.1) is 0 Å². The maximum absolute atomic E-state index is 6.63. The summed E-state index contributed by atoms with van der Waals surface area (Å²) in [6.07, 6.45) is 0. The first-order valence-corrected chi connectivity index (χ1v) is 21.1. The molecule has 60 heavy (non-hydrogen) atoms. The number of hydrogen-bond donors (Lipinski definition) is 0. The van der Waals surface area contributed by atoms with Gasteiger partial charge in [0.1, 0.15) is 10.4 Å². The Kier molecular flexibility index (Phi) is 8.03. The van der Waals surface area contributed by atoms with Crippen molar-refractivity contribution in [2.75, 3.05) is 4.90 Å². The number of benzene rings is 9. The lowest BCUT2D eigenvalue weighted by Gasteiger charge is -2.26. The Morgan fingerprint density at radius 3 is 1.63 bits per heavy atom. The lowest BCUT2D eigenvalue weighted by atomic mass is 10.00. The van der Waals surface area contributed by atoms with Gasteiger partial charge in [-0.1, -0.05) is 158 Å². The van der Waals surface area contributed by atoms with Gasteiger partial charge in [-0.2, -0.15) is 0 Å². The van der Waals surface area contributed by atoms with Crippen molar-refractivity contribution in [3.8, 4) is 39.1 Å². The van der Waals surface area contributed by atoms with E-state index in [4.69, 9.17) is 4.42 Å². The van der Waals surface area contributed by atoms with Crippen molar-refractivity contribution in [3.05, 3.63) is 218 Å². The Labute approximate surface area is 351 Å². The van der Waals surface area contributed by atoms with E-state index in [1.807, 2.05) is 23.5 Å². The van der Waals surface area contributed by atoms with Gasteiger partial charge in [-0.25, -0.2) is 0 Å². The topological polar surface area (TPSA) is 21.3 Å². The molecule has 0 N–H and O–H groups in total. The van der Waals surface area contributed by atoms with Crippen LogP contribution in [-0.4, -0.2) is 4.57 Å². The number of aromatic nitrogens is 1. The second-order valence-corrected chi connectivity index (χ2v) is 16.3. The van der Waals surface area contributed by atoms with Crippen LogP contribution in [0.15, 0.2) is 223 Å². The van der Waals surface area contributed by atoms with Crippen molar-refractivity contribution < 1.29 is 4.42 Å². The zero-order valence-electron chi connectivity index (χ0n) is 32.5. The third kappa shape index (κ3) is 5.65. The highest BCUT2D eigenvalue weighted by Gasteiger charge is 2.21. The monoisotopic (exact) mass is 784 g/mol. The predicted molar refractivity (Wildman–Crippen MR) is 254 cm³/mol. The molecule has 9 aromatic carbocycles. The lowest BCUT2D eigenvalue weighted by Crippen LogP contribution is -2.10. The van der Waals surface area contributed by atoms with Gasteiger partial charge < -0.3 is 13.9 Å². The average Bonchev–Trinajstić information content (AvgIpc) is 3.99. The number of para-hydroxylation sites is 3. The average molecular weight is 785 g/mol. The second-order valence-electron chi connectivity index (χ2n) is 15.3. The summed E-state index contributed by atoms with van der Waals surface area (Å²) in [7, 11) is 0. The van der Waals surface area contributed by atoms with Crippen LogP contribution in [0.25, 0.3) is 92.2 Å². The van der Waals surface area contributed by atoms with Crippen molar-refractivity contribution in [2.45, 2.75) is 0 Å². The summed E-state index contributed by atoms with van der Waals surface area (Å²) in [5, 5.41) is 6.11. The molecule has 0 aliphatic rings. The third-order valence-electron chi connectivity index (χ3n) is 11.8. The van der Waals surface area contributed by atoms with Gasteiger partial charge in [0.2, 0.25) is 0 Å². The minimum Gasteiger partial charge on any atom is -0.454 e. The Balaban J connectivity index is 0.959. The maximum atomic E-state index is 6.63. The Bertz CT molecular complexity index is 3510. The molecule has 282 valence electrons. The van der Waals surface area contributed by atoms with Crippen LogP contribution in [0.2, 0.25) is 0 Å². The summed E-state index contributed by atoms with van der Waals surface area (Å²) in [5.74, 6) is 0. The molecule has 3 nitrogen and oxygen atoms in total. The first-order valence-electron chi connectivity index (χ1n) is 20.3. The minimum absolute atomic E-state index is 0.864. The summed E-state index contributed by atoms with van der Waals surface area (Å²) >= 11 is 1.86. The van der Waals surface area contributed by atoms with E-state index in [1.54, 1.807) is 0 Å². The summed E-state index contributed by atoms with van der Waals surface area (Å²) in [5.41, 5.74) is 14.3. The summed E-state index contributed by atoms with van der Waals surface area (Å²) in [6, 6.07) is 78.4. The van der Waals surface area contributed by atoms with Crippen molar-refractivity contribution >= 4 is 81.5 Å². The third-order valence-corrected chi connectivity index (χ3v) is 13.0. The Hall–Kier alpha value is -7.66. The largest absolute Gasteiger partial charge is 0.454 e. The molecule has 12 rings (SSSR count). The van der Waals surface area contributed by atoms with E-state index in [0.717, 1.165) is 44.6 Å². The number of anilines is 3. The zero-order chi connectivity index (χ0) is 39.6. The molecule has 0 amide bonds. The molecule has 0 saturated carbocycles. The number of fused-ring (bicyclic) bond motifs is 8. The summed E-state index contributed by atoms with van der Waals surface area (Å²) < 4.78 is 10.4. The highest BCUT2D eigenvalue weighted by Crippen LogP contribution is 2.45. The number of nitrogens with zero attached hydrogens (tertiary/aromatic N) is 2. The predicted octanol–water partition coefficient (Wildman–Crippen LogP) is 16.4. The highest BCUT2D eigenvalue weighted by molar-refractivity contribution is 7.25. The first-order chi connectivity index (χ1) is 29.7. The van der Waals surface area contributed by atoms with Crippen LogP contribution in [0.1, 0.15) is 0 Å². The van der Waals surface area contributed by atoms with Crippen molar-refractivity contribution in [2.24, 2.45) is 0 Å². The molecule has 0 fully saturated rings. The molecule has 0 radical (unpaired) electrons. The first kappa shape index (κ1) is 34.4. The molecule has 3 heterocycles. The maximum Gasteiger partial charge on any atom is 0.159 e. The van der Waals surface area contributed by atoms with Gasteiger partial charge in [-0.3, -0.25) is 0 Å². The standard InChI is InChI=1S/C56H36N2OS/c1-3-12-37(13-4-1)38-22-24-39(25-23-38)40-26-31-44(32-27-40)57(50-19-11-18-47-46-16-7-9-20-52(46)59-55(47)50)45-33-28-41(29-34-45)42-30-35-48-51(36-42)58(43-14-5-2-6-15-43)56-54(48)49-17-8-10-21-53(49)60-56/h1-36H. The van der Waals surface area contributed by atoms with E-state index < -0.39 is 0 Å². The molecular formula is C56H36N2OS. The van der Waals surface area contributed by atoms with Gasteiger partial charge in [0.15, 0.2) is 5.58 Å². The van der Waals surface area contributed by atoms with Gasteiger partial charge in [0.05, 0.1) is 11.2 Å². The van der Waals surface area contributed by atoms with Crippen LogP contribution >= 0.6 is 11.3 Å². The van der Waals surface area contributed by atoms with E-state index in [0.29, 0.717) is 0 Å². The van der Waals surface area contributed by atoms with Gasteiger partial charge in [-0.15, -0.1) is 11.3 Å². The molecule has 12 aromatic rings. The minimum atomic E-state index is 0.864. The molecule has 0 spiro atoms. The molecule has 0 bridgehead atoms. The number of hydrogen-bond acceptors (Lipinski definition) is 3. The summed E-state index contributed by atoms with van der Waals surface area (Å²) in [6.45, 7) is 0. The van der Waals surface area contributed by atoms with Crippen LogP contribution in [-0.2, 0) is 0 Å². The highest BCUT2D eigenvalue weighted by atomic mass is 32.1. The molecular weight excluding hydrogens is 749 g/mol. The zero-order valence-corrected chi connectivity index (χ0v) is 33.3. The number of rotatable bonds is 7. The van der Waals surface area contributed by atoms with E-state index in [-0.39, 0.29) is 0 Å². The van der Waals surface area contributed by atoms with Gasteiger partial charge in [0, 0.05) is 48.7 Å². The quantitative estimate of drug-likeness (QED) is 0.161. The number of furan rings is 1. The molecule has 0 atom stereocenters. The van der Waals surface area contributed by atoms with Crippen molar-refractivity contribution in [1.29, 1.82) is 0 Å². The van der Waals surface area contributed by atoms with Crippen LogP contribution in [0.3, 0.4) is 0 Å². The second kappa shape index (κ2) is 14.0. The van der Waals surface area contributed by atoms with Gasteiger partial charge in [-0.05, 0) is 94.0 Å². The van der Waals surface area contributed by atoms with E-state index in [2.05, 4.69) is 216 Å². The van der Waals surface area contributed by atoms with Crippen LogP contribution < -0.4 is 4.90 Å². The fourth-order valence-electron chi connectivity index (χ4n) is 8.93. The fourth-order valence-corrected chi connectivity index (χ4v) is 10.2. The Morgan fingerprint density at radius 1 is 0.400 bits per heavy atom. The van der Waals surface area contributed by atoms with E-state index in [9.17, 15) is 0 Å². The molecule has 0 aliphatic heterocycles. The van der Waals surface area contributed by atoms with Gasteiger partial charge in [0.25, 0.3) is 0 Å². The molecule has 4 heteroatoms. The van der Waals surface area contributed by atoms with Crippen LogP contribution in [0.4, 0.5) is 17.1 Å². The SMILES string of the molecule is c1ccc(-c2ccc(-c3ccc(N(c4ccc(-c5ccc6c7c8ccccc8sc7n(-c7ccccc7)c6c5)cc4)c4cccc5c4oc4ccccc45)cc3)cc2)cc1. The van der Waals surface area contributed by atoms with Crippen LogP contribution in [0.5, 0.6) is 0 Å². The van der Waals surface area contributed by atoms with Crippen molar-refractivity contribution in [1.82, 2.24) is 4.57 Å². The van der Waals surface area contributed by atoms with Crippen molar-refractivity contribution in [3.63, 3.8) is 0 Å².